The summed E-state index contributed by atoms with van der Waals surface area (Å²) in [6, 6.07) is 0. The van der Waals surface area contributed by atoms with Crippen molar-refractivity contribution in [3.63, 3.8) is 0 Å². The Morgan fingerprint density at radius 1 is 1.38 bits per heavy atom. The Kier molecular flexibility index (Phi) is 8.77. The Hall–Kier alpha value is -1.61. The van der Waals surface area contributed by atoms with E-state index in [1.165, 1.54) is 4.88 Å². The topological polar surface area (TPSA) is 90.0 Å². The SMILES string of the molecule is Cc1ncc(C[n+]2csc(CCO)c2C)c(N)n1.[Cl-].c1csc[nH+]1. The maximum atomic E-state index is 8.98. The van der Waals surface area contributed by atoms with Crippen molar-refractivity contribution in [1.29, 1.82) is 0 Å². The van der Waals surface area contributed by atoms with E-state index < -0.39 is 0 Å². The third-order valence-electron chi connectivity index (χ3n) is 3.23. The maximum Gasteiger partial charge on any atom is 0.225 e. The molecule has 0 aliphatic heterocycles. The predicted molar refractivity (Wildman–Crippen MR) is 91.2 cm³/mol. The van der Waals surface area contributed by atoms with Crippen LogP contribution in [0.3, 0.4) is 0 Å². The molecule has 3 rings (SSSR count). The molecule has 0 fully saturated rings. The number of halogens is 1. The van der Waals surface area contributed by atoms with Crippen LogP contribution in [0.25, 0.3) is 0 Å². The van der Waals surface area contributed by atoms with Crippen molar-refractivity contribution in [2.45, 2.75) is 26.8 Å². The number of H-pyrrole nitrogens is 1. The number of rotatable bonds is 4. The van der Waals surface area contributed by atoms with E-state index in [4.69, 9.17) is 10.8 Å². The van der Waals surface area contributed by atoms with Gasteiger partial charge in [-0.05, 0) is 6.92 Å². The van der Waals surface area contributed by atoms with E-state index in [1.54, 1.807) is 28.9 Å². The molecule has 9 heteroatoms. The highest BCUT2D eigenvalue weighted by molar-refractivity contribution is 7.09. The number of aliphatic hydroxyl groups excluding tert-OH is 1. The van der Waals surface area contributed by atoms with Crippen LogP contribution in [-0.2, 0) is 13.0 Å². The van der Waals surface area contributed by atoms with Gasteiger partial charge in [0, 0.05) is 26.1 Å². The molecule has 0 unspecified atom stereocenters. The van der Waals surface area contributed by atoms with Gasteiger partial charge in [0.05, 0.1) is 15.8 Å². The first-order valence-electron chi connectivity index (χ1n) is 7.15. The number of hydrogen-bond donors (Lipinski definition) is 2. The zero-order valence-corrected chi connectivity index (χ0v) is 16.0. The average Bonchev–Trinajstić information content (AvgIpc) is 3.19. The van der Waals surface area contributed by atoms with Crippen LogP contribution in [0, 0.1) is 13.8 Å². The minimum absolute atomic E-state index is 0. The molecule has 0 saturated heterocycles. The summed E-state index contributed by atoms with van der Waals surface area (Å²) in [5.74, 6) is 1.22. The lowest BCUT2D eigenvalue weighted by molar-refractivity contribution is -0.689. The Balaban J connectivity index is 0.000000412. The normalized spacial score (nSPS) is 9.79. The average molecular weight is 387 g/mol. The van der Waals surface area contributed by atoms with Crippen LogP contribution in [0.1, 0.15) is 22.0 Å². The van der Waals surface area contributed by atoms with Gasteiger partial charge in [0.2, 0.25) is 11.0 Å². The number of aryl methyl sites for hydroxylation is 1. The van der Waals surface area contributed by atoms with E-state index in [1.807, 2.05) is 36.4 Å². The standard InChI is InChI=1S/C12H17N4OS.C3H3NS.ClH/c1-8-11(3-4-17)18-7-16(8)6-10-5-14-9(2)15-12(10)13;1-2-5-3-4-1;/h5,7,17H,3-4,6H2,1-2H3,(H2,13,14,15);1-3H;1H/q+1;;. The fraction of sp³-hybridized carbons (Fsp3) is 0.333. The van der Waals surface area contributed by atoms with Gasteiger partial charge in [0.25, 0.3) is 0 Å². The van der Waals surface area contributed by atoms with Gasteiger partial charge in [-0.2, -0.15) is 4.57 Å². The molecule has 3 aromatic heterocycles. The zero-order chi connectivity index (χ0) is 16.7. The van der Waals surface area contributed by atoms with Crippen molar-refractivity contribution in [3.8, 4) is 0 Å². The van der Waals surface area contributed by atoms with Gasteiger partial charge in [-0.1, -0.05) is 22.7 Å². The molecule has 24 heavy (non-hydrogen) atoms. The molecule has 0 aliphatic rings. The van der Waals surface area contributed by atoms with E-state index in [0.29, 0.717) is 24.6 Å². The van der Waals surface area contributed by atoms with Crippen LogP contribution in [0.2, 0.25) is 0 Å². The lowest BCUT2D eigenvalue weighted by Gasteiger charge is -2.01. The summed E-state index contributed by atoms with van der Waals surface area (Å²) in [7, 11) is 0. The maximum absolute atomic E-state index is 8.98. The van der Waals surface area contributed by atoms with E-state index >= 15 is 0 Å². The lowest BCUT2D eigenvalue weighted by Crippen LogP contribution is -3.00. The van der Waals surface area contributed by atoms with Crippen molar-refractivity contribution in [2.75, 3.05) is 12.3 Å². The molecule has 6 nitrogen and oxygen atoms in total. The Labute approximate surface area is 155 Å². The fourth-order valence-corrected chi connectivity index (χ4v) is 3.34. The number of nitrogens with two attached hydrogens (primary N) is 1. The number of aliphatic hydroxyl groups is 1. The molecule has 0 spiro atoms. The van der Waals surface area contributed by atoms with Crippen molar-refractivity contribution < 1.29 is 27.1 Å². The number of aromatic amines is 1. The molecular formula is C15H21ClN5OS2+. The molecule has 0 bridgehead atoms. The Bertz CT molecular complexity index is 716. The van der Waals surface area contributed by atoms with E-state index in [-0.39, 0.29) is 19.0 Å². The van der Waals surface area contributed by atoms with Crippen LogP contribution in [-0.4, -0.2) is 21.7 Å². The van der Waals surface area contributed by atoms with Gasteiger partial charge in [0.1, 0.15) is 11.6 Å². The minimum atomic E-state index is 0. The molecule has 130 valence electrons. The van der Waals surface area contributed by atoms with Crippen molar-refractivity contribution >= 4 is 28.5 Å². The van der Waals surface area contributed by atoms with Crippen molar-refractivity contribution in [2.24, 2.45) is 0 Å². The molecule has 0 saturated carbocycles. The first kappa shape index (κ1) is 20.4. The van der Waals surface area contributed by atoms with E-state index in [9.17, 15) is 0 Å². The molecule has 0 amide bonds. The number of nitrogen functional groups attached to an aromatic ring is 1. The van der Waals surface area contributed by atoms with E-state index in [0.717, 1.165) is 11.3 Å². The quantitative estimate of drug-likeness (QED) is 0.516. The molecule has 0 aliphatic carbocycles. The second-order valence-electron chi connectivity index (χ2n) is 4.88. The summed E-state index contributed by atoms with van der Waals surface area (Å²) in [6.07, 6.45) is 4.36. The van der Waals surface area contributed by atoms with Crippen LogP contribution >= 0.6 is 22.7 Å². The van der Waals surface area contributed by atoms with Crippen LogP contribution in [0.15, 0.2) is 28.8 Å². The van der Waals surface area contributed by atoms with Gasteiger partial charge in [-0.15, -0.1) is 0 Å². The smallest absolute Gasteiger partial charge is 0.225 e. The molecule has 0 atom stereocenters. The fourth-order valence-electron chi connectivity index (χ4n) is 1.96. The molecule has 0 radical (unpaired) electrons. The van der Waals surface area contributed by atoms with Crippen molar-refractivity contribution in [3.05, 3.63) is 50.8 Å². The highest BCUT2D eigenvalue weighted by Crippen LogP contribution is 2.13. The zero-order valence-electron chi connectivity index (χ0n) is 13.6. The molecule has 3 aromatic rings. The van der Waals surface area contributed by atoms with Crippen molar-refractivity contribution in [1.82, 2.24) is 9.97 Å². The third-order valence-corrected chi connectivity index (χ3v) is 4.94. The van der Waals surface area contributed by atoms with Gasteiger partial charge >= 0.3 is 0 Å². The number of anilines is 1. The predicted octanol–water partition coefficient (Wildman–Crippen LogP) is -1.83. The second kappa shape index (κ2) is 10.3. The summed E-state index contributed by atoms with van der Waals surface area (Å²) in [5.41, 5.74) is 11.9. The summed E-state index contributed by atoms with van der Waals surface area (Å²) in [4.78, 5) is 12.4. The number of thiazole rings is 2. The Morgan fingerprint density at radius 2 is 2.17 bits per heavy atom. The number of aromatic nitrogens is 4. The summed E-state index contributed by atoms with van der Waals surface area (Å²) in [6.45, 7) is 4.71. The second-order valence-corrected chi connectivity index (χ2v) is 6.60. The molecule has 3 heterocycles. The lowest BCUT2D eigenvalue weighted by atomic mass is 10.2. The minimum Gasteiger partial charge on any atom is -1.00 e. The summed E-state index contributed by atoms with van der Waals surface area (Å²) < 4.78 is 2.11. The first-order chi connectivity index (χ1) is 11.1. The molecular weight excluding hydrogens is 366 g/mol. The Morgan fingerprint density at radius 3 is 2.71 bits per heavy atom. The van der Waals surface area contributed by atoms with Gasteiger partial charge in [-0.3, -0.25) is 0 Å². The van der Waals surface area contributed by atoms with Crippen LogP contribution in [0.4, 0.5) is 5.82 Å². The van der Waals surface area contributed by atoms with Crippen LogP contribution < -0.4 is 27.7 Å². The highest BCUT2D eigenvalue weighted by atomic mass is 35.5. The largest absolute Gasteiger partial charge is 1.00 e. The summed E-state index contributed by atoms with van der Waals surface area (Å²) >= 11 is 3.31. The third kappa shape index (κ3) is 5.79. The van der Waals surface area contributed by atoms with Gasteiger partial charge in [0.15, 0.2) is 18.4 Å². The molecule has 0 aromatic carbocycles. The summed E-state index contributed by atoms with van der Waals surface area (Å²) in [5, 5.41) is 11.0. The highest BCUT2D eigenvalue weighted by Gasteiger charge is 2.16. The number of nitrogens with one attached hydrogen (secondary N) is 1. The van der Waals surface area contributed by atoms with E-state index in [2.05, 4.69) is 19.5 Å². The van der Waals surface area contributed by atoms with Gasteiger partial charge < -0.3 is 23.2 Å². The first-order valence-corrected chi connectivity index (χ1v) is 8.97. The number of nitrogens with zero attached hydrogens (tertiary/aromatic N) is 3. The monoisotopic (exact) mass is 386 g/mol. The van der Waals surface area contributed by atoms with Gasteiger partial charge in [-0.25, -0.2) is 15.0 Å². The molecule has 4 N–H and O–H groups in total. The van der Waals surface area contributed by atoms with Crippen LogP contribution in [0.5, 0.6) is 0 Å². The number of hydrogen-bond acceptors (Lipinski definition) is 6.